The maximum atomic E-state index is 13.1. The molecule has 1 saturated carbocycles. The number of nitrogens with zero attached hydrogens (tertiary/aromatic N) is 3. The van der Waals surface area contributed by atoms with Crippen molar-refractivity contribution in [3.8, 4) is 0 Å². The van der Waals surface area contributed by atoms with Gasteiger partial charge < -0.3 is 14.6 Å². The van der Waals surface area contributed by atoms with Gasteiger partial charge in [-0.15, -0.1) is 0 Å². The first-order chi connectivity index (χ1) is 13.5. The van der Waals surface area contributed by atoms with Gasteiger partial charge in [0.2, 0.25) is 5.91 Å². The summed E-state index contributed by atoms with van der Waals surface area (Å²) in [7, 11) is 0. The van der Waals surface area contributed by atoms with Gasteiger partial charge in [0.05, 0.1) is 0 Å². The first-order valence-corrected chi connectivity index (χ1v) is 10.9. The molecule has 1 aromatic rings. The highest BCUT2D eigenvalue weighted by molar-refractivity contribution is 5.85. The van der Waals surface area contributed by atoms with Gasteiger partial charge in [-0.3, -0.25) is 9.78 Å². The van der Waals surface area contributed by atoms with Crippen LogP contribution in [0.3, 0.4) is 0 Å². The molecule has 2 heterocycles. The van der Waals surface area contributed by atoms with Crippen molar-refractivity contribution in [1.82, 2.24) is 14.8 Å². The molecular weight excluding hydrogens is 350 g/mol. The Morgan fingerprint density at radius 2 is 1.93 bits per heavy atom. The van der Waals surface area contributed by atoms with E-state index in [-0.39, 0.29) is 17.6 Å². The second-order valence-corrected chi connectivity index (χ2v) is 8.80. The van der Waals surface area contributed by atoms with Gasteiger partial charge in [-0.2, -0.15) is 0 Å². The molecule has 1 saturated heterocycles. The highest BCUT2D eigenvalue weighted by Crippen LogP contribution is 2.28. The van der Waals surface area contributed by atoms with Crippen LogP contribution in [0.5, 0.6) is 0 Å². The third-order valence-electron chi connectivity index (χ3n) is 6.39. The number of hydrogen-bond donors (Lipinski definition) is 0. The average Bonchev–Trinajstić information content (AvgIpc) is 3.22. The molecule has 5 heteroatoms. The second-order valence-electron chi connectivity index (χ2n) is 8.80. The lowest BCUT2D eigenvalue weighted by molar-refractivity contribution is -0.138. The van der Waals surface area contributed by atoms with Crippen LogP contribution in [0.15, 0.2) is 24.5 Å². The Bertz CT molecular complexity index is 635. The predicted molar refractivity (Wildman–Crippen MR) is 111 cm³/mol. The van der Waals surface area contributed by atoms with Crippen LogP contribution >= 0.6 is 0 Å². The lowest BCUT2D eigenvalue weighted by atomic mass is 9.93. The monoisotopic (exact) mass is 385 g/mol. The summed E-state index contributed by atoms with van der Waals surface area (Å²) in [5.41, 5.74) is 1.05. The maximum Gasteiger partial charge on any atom is 0.226 e. The highest BCUT2D eigenvalue weighted by Gasteiger charge is 2.30. The number of aromatic nitrogens is 1. The quantitative estimate of drug-likeness (QED) is 0.685. The van der Waals surface area contributed by atoms with Crippen molar-refractivity contribution in [2.75, 3.05) is 19.6 Å². The zero-order chi connectivity index (χ0) is 19.9. The Morgan fingerprint density at radius 3 is 2.54 bits per heavy atom. The molecule has 5 nitrogen and oxygen atoms in total. The fourth-order valence-electron chi connectivity index (χ4n) is 4.86. The van der Waals surface area contributed by atoms with E-state index in [9.17, 15) is 9.59 Å². The van der Waals surface area contributed by atoms with Gasteiger partial charge in [-0.05, 0) is 63.2 Å². The number of piperidine rings is 1. The molecule has 2 aliphatic rings. The Labute approximate surface area is 169 Å². The SMILES string of the molecule is CC(=O)C[C@@H](C)C(=O)N(Cc1cccnc1)CC1CCN(C2CCCC2)CC1. The average molecular weight is 386 g/mol. The number of hydrogen-bond acceptors (Lipinski definition) is 4. The van der Waals surface area contributed by atoms with Crippen LogP contribution in [0.2, 0.25) is 0 Å². The largest absolute Gasteiger partial charge is 0.338 e. The topological polar surface area (TPSA) is 53.5 Å². The van der Waals surface area contributed by atoms with E-state index >= 15 is 0 Å². The van der Waals surface area contributed by atoms with Crippen molar-refractivity contribution in [2.45, 2.75) is 71.4 Å². The Balaban J connectivity index is 1.60. The van der Waals surface area contributed by atoms with Crippen LogP contribution in [-0.2, 0) is 16.1 Å². The van der Waals surface area contributed by atoms with Gasteiger partial charge in [0.1, 0.15) is 5.78 Å². The zero-order valence-corrected chi connectivity index (χ0v) is 17.5. The third-order valence-corrected chi connectivity index (χ3v) is 6.39. The Hall–Kier alpha value is -1.75. The van der Waals surface area contributed by atoms with E-state index in [0.717, 1.165) is 44.1 Å². The zero-order valence-electron chi connectivity index (χ0n) is 17.5. The molecular formula is C23H35N3O2. The summed E-state index contributed by atoms with van der Waals surface area (Å²) in [6.45, 7) is 7.13. The van der Waals surface area contributed by atoms with Crippen LogP contribution in [0.4, 0.5) is 0 Å². The molecule has 0 N–H and O–H groups in total. The lowest BCUT2D eigenvalue weighted by Gasteiger charge is -2.38. The number of Topliss-reactive ketones (excluding diaryl/α,β-unsaturated/α-hetero) is 1. The predicted octanol–water partition coefficient (Wildman–Crippen LogP) is 3.68. The van der Waals surface area contributed by atoms with Crippen molar-refractivity contribution in [3.63, 3.8) is 0 Å². The number of carbonyl (C=O) groups is 2. The summed E-state index contributed by atoms with van der Waals surface area (Å²) in [6.07, 6.45) is 11.7. The molecule has 28 heavy (non-hydrogen) atoms. The number of carbonyl (C=O) groups excluding carboxylic acids is 2. The van der Waals surface area contributed by atoms with Gasteiger partial charge in [0.15, 0.2) is 0 Å². The van der Waals surface area contributed by atoms with Crippen molar-refractivity contribution < 1.29 is 9.59 Å². The fourth-order valence-corrected chi connectivity index (χ4v) is 4.86. The molecule has 1 atom stereocenters. The Morgan fingerprint density at radius 1 is 1.21 bits per heavy atom. The highest BCUT2D eigenvalue weighted by atomic mass is 16.2. The van der Waals surface area contributed by atoms with Crippen LogP contribution in [0.1, 0.15) is 64.4 Å². The second kappa shape index (κ2) is 10.1. The van der Waals surface area contributed by atoms with Crippen molar-refractivity contribution in [3.05, 3.63) is 30.1 Å². The molecule has 0 radical (unpaired) electrons. The third kappa shape index (κ3) is 5.87. The van der Waals surface area contributed by atoms with Crippen LogP contribution in [0.25, 0.3) is 0 Å². The normalized spacial score (nSPS) is 20.2. The van der Waals surface area contributed by atoms with E-state index in [4.69, 9.17) is 0 Å². The van der Waals surface area contributed by atoms with Gasteiger partial charge in [-0.1, -0.05) is 25.8 Å². The summed E-state index contributed by atoms with van der Waals surface area (Å²) in [6, 6.07) is 4.73. The van der Waals surface area contributed by atoms with Crippen LogP contribution in [0, 0.1) is 11.8 Å². The van der Waals surface area contributed by atoms with Crippen molar-refractivity contribution >= 4 is 11.7 Å². The number of pyridine rings is 1. The van der Waals surface area contributed by atoms with E-state index in [0.29, 0.717) is 18.9 Å². The minimum absolute atomic E-state index is 0.0760. The molecule has 1 aliphatic heterocycles. The number of rotatable bonds is 8. The molecule has 2 fully saturated rings. The lowest BCUT2D eigenvalue weighted by Crippen LogP contribution is -2.44. The van der Waals surface area contributed by atoms with Gasteiger partial charge in [0, 0.05) is 43.9 Å². The molecule has 3 rings (SSSR count). The number of ketones is 1. The minimum atomic E-state index is -0.257. The molecule has 1 aliphatic carbocycles. The van der Waals surface area contributed by atoms with Gasteiger partial charge in [0.25, 0.3) is 0 Å². The van der Waals surface area contributed by atoms with E-state index in [1.165, 1.54) is 25.7 Å². The van der Waals surface area contributed by atoms with Crippen LogP contribution in [-0.4, -0.2) is 52.2 Å². The van der Waals surface area contributed by atoms with E-state index in [1.807, 2.05) is 30.2 Å². The van der Waals surface area contributed by atoms with Crippen molar-refractivity contribution in [2.24, 2.45) is 11.8 Å². The maximum absolute atomic E-state index is 13.1. The summed E-state index contributed by atoms with van der Waals surface area (Å²) in [5, 5.41) is 0. The summed E-state index contributed by atoms with van der Waals surface area (Å²) < 4.78 is 0. The molecule has 1 amide bonds. The summed E-state index contributed by atoms with van der Waals surface area (Å²) in [4.78, 5) is 33.4. The first kappa shape index (κ1) is 21.0. The fraction of sp³-hybridized carbons (Fsp3) is 0.696. The van der Waals surface area contributed by atoms with E-state index in [1.54, 1.807) is 13.1 Å². The molecule has 0 aromatic carbocycles. The van der Waals surface area contributed by atoms with Crippen molar-refractivity contribution in [1.29, 1.82) is 0 Å². The molecule has 0 bridgehead atoms. The number of amides is 1. The minimum Gasteiger partial charge on any atom is -0.338 e. The Kier molecular flexibility index (Phi) is 7.60. The van der Waals surface area contributed by atoms with E-state index < -0.39 is 0 Å². The van der Waals surface area contributed by atoms with Crippen LogP contribution < -0.4 is 0 Å². The molecule has 1 aromatic heterocycles. The molecule has 0 unspecified atom stereocenters. The standard InChI is InChI=1S/C23H35N3O2/c1-18(14-19(2)27)23(28)26(17-21-6-5-11-24-15-21)16-20-9-12-25(13-10-20)22-7-3-4-8-22/h5-6,11,15,18,20,22H,3-4,7-10,12-14,16-17H2,1-2H3/t18-/m1/s1. The first-order valence-electron chi connectivity index (χ1n) is 10.9. The van der Waals surface area contributed by atoms with E-state index in [2.05, 4.69) is 9.88 Å². The summed E-state index contributed by atoms with van der Waals surface area (Å²) >= 11 is 0. The van der Waals surface area contributed by atoms with Gasteiger partial charge in [-0.25, -0.2) is 0 Å². The summed E-state index contributed by atoms with van der Waals surface area (Å²) in [5.74, 6) is 0.458. The van der Waals surface area contributed by atoms with Gasteiger partial charge >= 0.3 is 0 Å². The number of likely N-dealkylation sites (tertiary alicyclic amines) is 1. The molecule has 154 valence electrons. The molecule has 0 spiro atoms. The smallest absolute Gasteiger partial charge is 0.226 e.